The van der Waals surface area contributed by atoms with Gasteiger partial charge in [0.05, 0.1) is 17.7 Å². The summed E-state index contributed by atoms with van der Waals surface area (Å²) in [5.74, 6) is -1.14. The molecule has 0 saturated carbocycles. The number of nitrogens with zero attached hydrogens (tertiary/aromatic N) is 1. The number of aromatic hydroxyl groups is 1. The normalized spacial score (nSPS) is 17.8. The van der Waals surface area contributed by atoms with Crippen molar-refractivity contribution in [2.24, 2.45) is 0 Å². The Morgan fingerprint density at radius 3 is 2.33 bits per heavy atom. The second kappa shape index (κ2) is 8.13. The largest absolute Gasteiger partial charge is 0.507 e. The molecule has 152 valence electrons. The van der Waals surface area contributed by atoms with Gasteiger partial charge < -0.3 is 15.1 Å². The third-order valence-electron chi connectivity index (χ3n) is 5.55. The van der Waals surface area contributed by atoms with E-state index in [0.29, 0.717) is 17.8 Å². The Balaban J connectivity index is 1.56. The van der Waals surface area contributed by atoms with Gasteiger partial charge in [-0.05, 0) is 36.6 Å². The molecule has 0 aliphatic carbocycles. The van der Waals surface area contributed by atoms with Gasteiger partial charge in [0.15, 0.2) is 11.4 Å². The van der Waals surface area contributed by atoms with Gasteiger partial charge in [0.2, 0.25) is 0 Å². The van der Waals surface area contributed by atoms with E-state index in [1.165, 1.54) is 17.7 Å². The Morgan fingerprint density at radius 1 is 0.900 bits per heavy atom. The number of hydrogen-bond donors (Lipinski definition) is 2. The Labute approximate surface area is 175 Å². The van der Waals surface area contributed by atoms with E-state index in [1.54, 1.807) is 35.2 Å². The molecule has 1 heterocycles. The Morgan fingerprint density at radius 2 is 1.57 bits per heavy atom. The van der Waals surface area contributed by atoms with E-state index in [2.05, 4.69) is 0 Å². The minimum Gasteiger partial charge on any atom is -0.507 e. The average molecular weight is 401 g/mol. The summed E-state index contributed by atoms with van der Waals surface area (Å²) in [6.45, 7) is 0.442. The first-order valence-electron chi connectivity index (χ1n) is 9.99. The Kier molecular flexibility index (Phi) is 5.38. The molecule has 30 heavy (non-hydrogen) atoms. The predicted octanol–water partition coefficient (Wildman–Crippen LogP) is 3.83. The highest BCUT2D eigenvalue weighted by atomic mass is 16.3. The zero-order chi connectivity index (χ0) is 21.1. The molecule has 1 aliphatic heterocycles. The van der Waals surface area contributed by atoms with Crippen molar-refractivity contribution in [1.82, 2.24) is 0 Å². The smallest absolute Gasteiger partial charge is 0.264 e. The van der Waals surface area contributed by atoms with Crippen LogP contribution >= 0.6 is 0 Å². The van der Waals surface area contributed by atoms with Crippen molar-refractivity contribution in [2.45, 2.75) is 24.9 Å². The average Bonchev–Trinajstić information content (AvgIpc) is 2.97. The van der Waals surface area contributed by atoms with E-state index in [9.17, 15) is 19.8 Å². The molecule has 1 unspecified atom stereocenters. The molecule has 0 bridgehead atoms. The number of fused-ring (bicyclic) bond motifs is 1. The second-order valence-electron chi connectivity index (χ2n) is 7.54. The van der Waals surface area contributed by atoms with Crippen molar-refractivity contribution in [3.05, 3.63) is 95.6 Å². The summed E-state index contributed by atoms with van der Waals surface area (Å²) in [6, 6.07) is 23.2. The quantitative estimate of drug-likeness (QED) is 0.590. The summed E-state index contributed by atoms with van der Waals surface area (Å²) < 4.78 is 0. The van der Waals surface area contributed by atoms with E-state index in [-0.39, 0.29) is 11.3 Å². The number of hydrogen-bond acceptors (Lipinski definition) is 4. The van der Waals surface area contributed by atoms with Crippen LogP contribution in [0.1, 0.15) is 34.3 Å². The number of aliphatic hydroxyl groups is 1. The van der Waals surface area contributed by atoms with Crippen LogP contribution in [-0.4, -0.2) is 28.4 Å². The zero-order valence-electron chi connectivity index (χ0n) is 16.5. The molecule has 0 aromatic heterocycles. The van der Waals surface area contributed by atoms with E-state index in [0.717, 1.165) is 12.8 Å². The van der Waals surface area contributed by atoms with Crippen molar-refractivity contribution >= 4 is 17.4 Å². The van der Waals surface area contributed by atoms with Gasteiger partial charge in [0.1, 0.15) is 5.75 Å². The van der Waals surface area contributed by atoms with E-state index < -0.39 is 23.7 Å². The van der Waals surface area contributed by atoms with Gasteiger partial charge in [-0.25, -0.2) is 0 Å². The van der Waals surface area contributed by atoms with Gasteiger partial charge >= 0.3 is 0 Å². The molecule has 5 nitrogen and oxygen atoms in total. The maximum Gasteiger partial charge on any atom is 0.264 e. The molecular weight excluding hydrogens is 378 g/mol. The number of ketones is 1. The van der Waals surface area contributed by atoms with Crippen molar-refractivity contribution in [2.75, 3.05) is 11.4 Å². The Bertz CT molecular complexity index is 1080. The number of para-hydroxylation sites is 2. The number of phenols is 1. The fraction of sp³-hybridized carbons (Fsp3) is 0.200. The molecule has 0 radical (unpaired) electrons. The van der Waals surface area contributed by atoms with Gasteiger partial charge in [-0.15, -0.1) is 0 Å². The number of rotatable bonds is 7. The molecule has 0 spiro atoms. The summed E-state index contributed by atoms with van der Waals surface area (Å²) in [6.07, 6.45) is 1.12. The first-order chi connectivity index (χ1) is 14.5. The highest BCUT2D eigenvalue weighted by molar-refractivity contribution is 6.11. The van der Waals surface area contributed by atoms with Crippen molar-refractivity contribution in [1.29, 1.82) is 0 Å². The summed E-state index contributed by atoms with van der Waals surface area (Å²) in [7, 11) is 0. The van der Waals surface area contributed by atoms with E-state index >= 15 is 0 Å². The molecule has 0 saturated heterocycles. The molecule has 4 rings (SSSR count). The van der Waals surface area contributed by atoms with Gasteiger partial charge in [-0.3, -0.25) is 9.59 Å². The molecule has 3 aromatic rings. The van der Waals surface area contributed by atoms with Crippen LogP contribution in [0, 0.1) is 0 Å². The second-order valence-corrected chi connectivity index (χ2v) is 7.54. The molecule has 1 atom stereocenters. The number of carbonyl (C=O) groups excluding carboxylic acids is 2. The third-order valence-corrected chi connectivity index (χ3v) is 5.55. The van der Waals surface area contributed by atoms with Crippen LogP contribution in [0.3, 0.4) is 0 Å². The van der Waals surface area contributed by atoms with Crippen LogP contribution in [0.4, 0.5) is 5.69 Å². The monoisotopic (exact) mass is 401 g/mol. The summed E-state index contributed by atoms with van der Waals surface area (Å²) >= 11 is 0. The molecule has 5 heteroatoms. The van der Waals surface area contributed by atoms with Crippen LogP contribution in [0.2, 0.25) is 0 Å². The number of benzene rings is 3. The molecule has 0 fully saturated rings. The zero-order valence-corrected chi connectivity index (χ0v) is 16.5. The van der Waals surface area contributed by atoms with Gasteiger partial charge in [0.25, 0.3) is 5.91 Å². The van der Waals surface area contributed by atoms with Crippen molar-refractivity contribution in [3.8, 4) is 5.75 Å². The number of Topliss-reactive ketones (excluding diaryl/α,β-unsaturated/α-hetero) is 1. The molecule has 3 aromatic carbocycles. The van der Waals surface area contributed by atoms with Gasteiger partial charge in [0, 0.05) is 12.1 Å². The van der Waals surface area contributed by atoms with Crippen LogP contribution in [0.15, 0.2) is 78.9 Å². The summed E-state index contributed by atoms with van der Waals surface area (Å²) in [4.78, 5) is 27.6. The maximum atomic E-state index is 13.2. The highest BCUT2D eigenvalue weighted by Gasteiger charge is 2.50. The molecule has 1 amide bonds. The Hall–Kier alpha value is -3.44. The van der Waals surface area contributed by atoms with Gasteiger partial charge in [-0.1, -0.05) is 60.7 Å². The topological polar surface area (TPSA) is 77.8 Å². The third kappa shape index (κ3) is 3.60. The SMILES string of the molecule is O=C(CC1(O)C(=O)N(CCCc2ccccc2)c2ccccc21)c1ccccc1O. The van der Waals surface area contributed by atoms with Crippen LogP contribution in [0.5, 0.6) is 5.75 Å². The number of anilines is 1. The lowest BCUT2D eigenvalue weighted by molar-refractivity contribution is -0.135. The highest BCUT2D eigenvalue weighted by Crippen LogP contribution is 2.43. The van der Waals surface area contributed by atoms with E-state index in [4.69, 9.17) is 0 Å². The molecule has 2 N–H and O–H groups in total. The molecule has 1 aliphatic rings. The van der Waals surface area contributed by atoms with Crippen LogP contribution in [-0.2, 0) is 16.8 Å². The lowest BCUT2D eigenvalue weighted by Gasteiger charge is -2.23. The number of amides is 1. The summed E-state index contributed by atoms with van der Waals surface area (Å²) in [5.41, 5.74) is 0.394. The first-order valence-corrected chi connectivity index (χ1v) is 9.99. The number of phenolic OH excluding ortho intramolecular Hbond substituents is 1. The predicted molar refractivity (Wildman–Crippen MR) is 115 cm³/mol. The van der Waals surface area contributed by atoms with Gasteiger partial charge in [-0.2, -0.15) is 0 Å². The standard InChI is InChI=1S/C25H23NO4/c27-22-15-7-4-12-19(22)23(28)17-25(30)20-13-5-6-14-21(20)26(24(25)29)16-8-11-18-9-2-1-3-10-18/h1-7,9-10,12-15,27,30H,8,11,16-17H2. The lowest BCUT2D eigenvalue weighted by Crippen LogP contribution is -2.42. The van der Waals surface area contributed by atoms with Crippen LogP contribution in [0.25, 0.3) is 0 Å². The number of aryl methyl sites for hydroxylation is 1. The maximum absolute atomic E-state index is 13.2. The minimum atomic E-state index is -1.94. The summed E-state index contributed by atoms with van der Waals surface area (Å²) in [5, 5.41) is 21.3. The lowest BCUT2D eigenvalue weighted by atomic mass is 9.88. The fourth-order valence-corrected chi connectivity index (χ4v) is 4.02. The van der Waals surface area contributed by atoms with Crippen LogP contribution < -0.4 is 4.90 Å². The van der Waals surface area contributed by atoms with Crippen molar-refractivity contribution in [3.63, 3.8) is 0 Å². The first kappa shape index (κ1) is 19.9. The molecular formula is C25H23NO4. The minimum absolute atomic E-state index is 0.0960. The van der Waals surface area contributed by atoms with E-state index in [1.807, 2.05) is 36.4 Å². The number of carbonyl (C=O) groups is 2. The van der Waals surface area contributed by atoms with Crippen molar-refractivity contribution < 1.29 is 19.8 Å². The fourth-order valence-electron chi connectivity index (χ4n) is 4.02.